The maximum atomic E-state index is 12.2. The normalized spacial score (nSPS) is 14.0. The van der Waals surface area contributed by atoms with E-state index < -0.39 is 0 Å². The van der Waals surface area contributed by atoms with Gasteiger partial charge in [-0.1, -0.05) is 42.5 Å². The number of esters is 1. The van der Waals surface area contributed by atoms with E-state index in [0.717, 1.165) is 29.1 Å². The molecule has 1 aliphatic rings. The molecule has 1 aliphatic heterocycles. The average Bonchev–Trinajstić information content (AvgIpc) is 3.55. The quantitative estimate of drug-likeness (QED) is 0.316. The van der Waals surface area contributed by atoms with Gasteiger partial charge in [-0.15, -0.1) is 0 Å². The molecule has 5 rings (SSSR count). The molecule has 0 N–H and O–H groups in total. The molecule has 0 bridgehead atoms. The van der Waals surface area contributed by atoms with Crippen molar-refractivity contribution in [2.75, 3.05) is 26.2 Å². The van der Waals surface area contributed by atoms with Gasteiger partial charge in [0.15, 0.2) is 11.5 Å². The number of fused-ring (bicyclic) bond motifs is 1. The minimum absolute atomic E-state index is 0.319. The molecule has 1 fully saturated rings. The van der Waals surface area contributed by atoms with E-state index in [1.807, 2.05) is 47.8 Å². The average molecular weight is 469 g/mol. The largest absolute Gasteiger partial charge is 0.462 e. The zero-order chi connectivity index (χ0) is 24.0. The lowest BCUT2D eigenvalue weighted by atomic mass is 10.1. The third kappa shape index (κ3) is 5.60. The van der Waals surface area contributed by atoms with E-state index in [1.54, 1.807) is 6.07 Å². The Morgan fingerprint density at radius 1 is 0.971 bits per heavy atom. The summed E-state index contributed by atoms with van der Waals surface area (Å²) < 4.78 is 7.01. The Balaban J connectivity index is 1.29. The second-order valence-electron chi connectivity index (χ2n) is 9.16. The molecule has 0 unspecified atom stereocenters. The molecule has 1 saturated heterocycles. The predicted octanol–water partition coefficient (Wildman–Crippen LogP) is 5.19. The molecule has 180 valence electrons. The van der Waals surface area contributed by atoms with E-state index in [1.165, 1.54) is 50.0 Å². The molecule has 35 heavy (non-hydrogen) atoms. The summed E-state index contributed by atoms with van der Waals surface area (Å²) in [5.74, 6) is 0.459. The van der Waals surface area contributed by atoms with Crippen molar-refractivity contribution < 1.29 is 9.53 Å². The van der Waals surface area contributed by atoms with Gasteiger partial charge in [-0.3, -0.25) is 0 Å². The number of pyridine rings is 1. The van der Waals surface area contributed by atoms with Crippen LogP contribution in [-0.4, -0.2) is 51.7 Å². The lowest BCUT2D eigenvalue weighted by Gasteiger charge is -2.13. The number of rotatable bonds is 9. The Kier molecular flexibility index (Phi) is 7.19. The summed E-state index contributed by atoms with van der Waals surface area (Å²) in [5.41, 5.74) is 5.70. The number of nitrogens with zero attached hydrogens (tertiary/aromatic N) is 4. The lowest BCUT2D eigenvalue weighted by molar-refractivity contribution is 0.0526. The fourth-order valence-electron chi connectivity index (χ4n) is 4.78. The van der Waals surface area contributed by atoms with Gasteiger partial charge in [-0.25, -0.2) is 14.3 Å². The van der Waals surface area contributed by atoms with Crippen molar-refractivity contribution in [3.63, 3.8) is 0 Å². The summed E-state index contributed by atoms with van der Waals surface area (Å²) in [7, 11) is 0. The zero-order valence-electron chi connectivity index (χ0n) is 20.3. The molecule has 0 atom stereocenters. The molecular formula is C29H32N4O2. The van der Waals surface area contributed by atoms with Gasteiger partial charge in [0.05, 0.1) is 17.9 Å². The topological polar surface area (TPSA) is 59.7 Å². The predicted molar refractivity (Wildman–Crippen MR) is 138 cm³/mol. The first-order valence-corrected chi connectivity index (χ1v) is 12.6. The highest BCUT2D eigenvalue weighted by Crippen LogP contribution is 2.22. The van der Waals surface area contributed by atoms with Crippen LogP contribution in [0.4, 0.5) is 0 Å². The van der Waals surface area contributed by atoms with Crippen molar-refractivity contribution in [3.05, 3.63) is 89.2 Å². The van der Waals surface area contributed by atoms with Gasteiger partial charge in [0.25, 0.3) is 0 Å². The number of ether oxygens (including phenoxy) is 1. The van der Waals surface area contributed by atoms with Crippen LogP contribution in [0, 0.1) is 0 Å². The summed E-state index contributed by atoms with van der Waals surface area (Å²) in [6.07, 6.45) is 5.73. The van der Waals surface area contributed by atoms with Gasteiger partial charge in [0.1, 0.15) is 0 Å². The Labute approximate surface area is 206 Å². The highest BCUT2D eigenvalue weighted by Gasteiger charge is 2.13. The number of carbonyl (C=O) groups is 1. The molecule has 2 aromatic carbocycles. The first kappa shape index (κ1) is 23.2. The van der Waals surface area contributed by atoms with Crippen LogP contribution >= 0.6 is 0 Å². The molecule has 0 aliphatic carbocycles. The van der Waals surface area contributed by atoms with Gasteiger partial charge in [0, 0.05) is 12.0 Å². The number of benzene rings is 2. The Morgan fingerprint density at radius 3 is 2.54 bits per heavy atom. The van der Waals surface area contributed by atoms with Crippen molar-refractivity contribution in [1.82, 2.24) is 19.5 Å². The third-order valence-electron chi connectivity index (χ3n) is 6.60. The van der Waals surface area contributed by atoms with Gasteiger partial charge in [-0.05, 0) is 87.6 Å². The molecule has 4 aromatic rings. The lowest BCUT2D eigenvalue weighted by Crippen LogP contribution is -2.20. The van der Waals surface area contributed by atoms with E-state index in [0.29, 0.717) is 18.6 Å². The number of hydrogen-bond acceptors (Lipinski definition) is 5. The number of aryl methyl sites for hydroxylation is 1. The van der Waals surface area contributed by atoms with Gasteiger partial charge < -0.3 is 9.64 Å². The van der Waals surface area contributed by atoms with Crippen molar-refractivity contribution >= 4 is 11.6 Å². The number of hydrogen-bond donors (Lipinski definition) is 0. The Hall–Kier alpha value is -3.51. The SMILES string of the molecule is CCOC(=O)c1cccc(-c2cccc3nc(Cc4ccc(CCCN5CCCC5)cc4)nn23)c1. The maximum Gasteiger partial charge on any atom is 0.338 e. The van der Waals surface area contributed by atoms with E-state index >= 15 is 0 Å². The van der Waals surface area contributed by atoms with E-state index in [-0.39, 0.29) is 5.97 Å². The number of aromatic nitrogens is 3. The van der Waals surface area contributed by atoms with Crippen LogP contribution in [0.2, 0.25) is 0 Å². The molecule has 0 radical (unpaired) electrons. The van der Waals surface area contributed by atoms with Crippen LogP contribution in [0.1, 0.15) is 53.5 Å². The highest BCUT2D eigenvalue weighted by molar-refractivity contribution is 5.91. The standard InChI is InChI=1S/C29H32N4O2/c1-2-35-29(34)25-10-5-9-24(21-25)26-11-6-12-28-30-27(31-33(26)28)20-23-15-13-22(14-16-23)8-7-19-32-17-3-4-18-32/h5-6,9-16,21H,2-4,7-8,17-20H2,1H3. The molecule has 3 heterocycles. The number of likely N-dealkylation sites (tertiary alicyclic amines) is 1. The van der Waals surface area contributed by atoms with Gasteiger partial charge >= 0.3 is 5.97 Å². The van der Waals surface area contributed by atoms with Crippen molar-refractivity contribution in [2.45, 2.75) is 39.0 Å². The fourth-order valence-corrected chi connectivity index (χ4v) is 4.78. The van der Waals surface area contributed by atoms with Crippen LogP contribution in [0.3, 0.4) is 0 Å². The van der Waals surface area contributed by atoms with Crippen molar-refractivity contribution in [1.29, 1.82) is 0 Å². The van der Waals surface area contributed by atoms with Gasteiger partial charge in [0.2, 0.25) is 0 Å². The summed E-state index contributed by atoms with van der Waals surface area (Å²) in [6.45, 7) is 5.90. The van der Waals surface area contributed by atoms with Crippen LogP contribution in [0.25, 0.3) is 16.9 Å². The zero-order valence-corrected chi connectivity index (χ0v) is 20.3. The second-order valence-corrected chi connectivity index (χ2v) is 9.16. The van der Waals surface area contributed by atoms with Crippen molar-refractivity contribution in [3.8, 4) is 11.3 Å². The van der Waals surface area contributed by atoms with Crippen LogP contribution in [-0.2, 0) is 17.6 Å². The van der Waals surface area contributed by atoms with E-state index in [2.05, 4.69) is 29.2 Å². The molecule has 2 aromatic heterocycles. The maximum absolute atomic E-state index is 12.2. The van der Waals surface area contributed by atoms with Gasteiger partial charge in [-0.2, -0.15) is 5.10 Å². The molecular weight excluding hydrogens is 436 g/mol. The molecule has 0 amide bonds. The second kappa shape index (κ2) is 10.8. The monoisotopic (exact) mass is 468 g/mol. The minimum atomic E-state index is -0.319. The van der Waals surface area contributed by atoms with Crippen LogP contribution in [0.5, 0.6) is 0 Å². The minimum Gasteiger partial charge on any atom is -0.462 e. The van der Waals surface area contributed by atoms with Crippen LogP contribution < -0.4 is 0 Å². The van der Waals surface area contributed by atoms with Crippen molar-refractivity contribution in [2.24, 2.45) is 0 Å². The third-order valence-corrected chi connectivity index (χ3v) is 6.60. The highest BCUT2D eigenvalue weighted by atomic mass is 16.5. The summed E-state index contributed by atoms with van der Waals surface area (Å²) >= 11 is 0. The Bertz CT molecular complexity index is 1290. The van der Waals surface area contributed by atoms with E-state index in [4.69, 9.17) is 14.8 Å². The Morgan fingerprint density at radius 2 is 1.74 bits per heavy atom. The molecule has 0 spiro atoms. The first-order valence-electron chi connectivity index (χ1n) is 12.6. The first-order chi connectivity index (χ1) is 17.2. The summed E-state index contributed by atoms with van der Waals surface area (Å²) in [6, 6.07) is 22.2. The smallest absolute Gasteiger partial charge is 0.338 e. The summed E-state index contributed by atoms with van der Waals surface area (Å²) in [4.78, 5) is 19.5. The molecule has 6 nitrogen and oxygen atoms in total. The van der Waals surface area contributed by atoms with Crippen LogP contribution in [0.15, 0.2) is 66.7 Å². The van der Waals surface area contributed by atoms with E-state index in [9.17, 15) is 4.79 Å². The summed E-state index contributed by atoms with van der Waals surface area (Å²) in [5, 5.41) is 4.80. The molecule has 6 heteroatoms. The number of carbonyl (C=O) groups excluding carboxylic acids is 1. The fraction of sp³-hybridized carbons (Fsp3) is 0.345. The molecule has 0 saturated carbocycles.